The first-order valence-electron chi connectivity index (χ1n) is 7.88. The Morgan fingerprint density at radius 3 is 2.96 bits per heavy atom. The third-order valence-electron chi connectivity index (χ3n) is 4.55. The molecule has 1 atom stereocenters. The lowest BCUT2D eigenvalue weighted by Crippen LogP contribution is -2.24. The van der Waals surface area contributed by atoms with Gasteiger partial charge in [0.25, 0.3) is 0 Å². The van der Waals surface area contributed by atoms with E-state index < -0.39 is 0 Å². The monoisotopic (exact) mass is 309 g/mol. The van der Waals surface area contributed by atoms with E-state index in [0.717, 1.165) is 40.9 Å². The summed E-state index contributed by atoms with van der Waals surface area (Å²) in [5.41, 5.74) is 5.23. The van der Waals surface area contributed by atoms with Crippen molar-refractivity contribution in [2.24, 2.45) is 0 Å². The van der Waals surface area contributed by atoms with Crippen molar-refractivity contribution < 1.29 is 4.79 Å². The third kappa shape index (κ3) is 2.50. The van der Waals surface area contributed by atoms with Gasteiger partial charge < -0.3 is 5.32 Å². The lowest BCUT2D eigenvalue weighted by Gasteiger charge is -2.26. The number of anilines is 1. The van der Waals surface area contributed by atoms with Gasteiger partial charge in [0.1, 0.15) is 0 Å². The molecule has 0 radical (unpaired) electrons. The van der Waals surface area contributed by atoms with Gasteiger partial charge in [0.2, 0.25) is 5.91 Å². The smallest absolute Gasteiger partial charge is 0.224 e. The SMILES string of the molecule is Cc1cc(C)n(CCC2CC(=O)Nc3cc4[nH]ncc4cc32)n1. The number of aromatic nitrogens is 4. The Hall–Kier alpha value is -2.63. The number of nitrogens with one attached hydrogen (secondary N) is 2. The molecule has 0 saturated heterocycles. The first-order chi connectivity index (χ1) is 11.1. The molecule has 23 heavy (non-hydrogen) atoms. The predicted molar refractivity (Wildman–Crippen MR) is 88.4 cm³/mol. The van der Waals surface area contributed by atoms with Gasteiger partial charge in [0.05, 0.1) is 17.4 Å². The number of aryl methyl sites for hydroxylation is 3. The standard InChI is InChI=1S/C17H19N5O/c1-10-5-11(2)22(21-10)4-3-12-7-17(23)19-16-8-15-13(6-14(12)16)9-18-20-15/h5-6,8-9,12H,3-4,7H2,1-2H3,(H,18,20)(H,19,23). The zero-order chi connectivity index (χ0) is 16.0. The van der Waals surface area contributed by atoms with Gasteiger partial charge >= 0.3 is 0 Å². The summed E-state index contributed by atoms with van der Waals surface area (Å²) < 4.78 is 2.03. The van der Waals surface area contributed by atoms with Crippen LogP contribution < -0.4 is 5.32 Å². The van der Waals surface area contributed by atoms with Crippen LogP contribution in [0.5, 0.6) is 0 Å². The van der Waals surface area contributed by atoms with E-state index in [4.69, 9.17) is 0 Å². The van der Waals surface area contributed by atoms with Crippen LogP contribution in [0.4, 0.5) is 5.69 Å². The van der Waals surface area contributed by atoms with Crippen molar-refractivity contribution in [3.8, 4) is 0 Å². The van der Waals surface area contributed by atoms with Crippen molar-refractivity contribution in [1.29, 1.82) is 0 Å². The summed E-state index contributed by atoms with van der Waals surface area (Å²) in [4.78, 5) is 12.0. The van der Waals surface area contributed by atoms with Gasteiger partial charge in [-0.25, -0.2) is 0 Å². The number of carbonyl (C=O) groups is 1. The molecule has 2 aromatic heterocycles. The van der Waals surface area contributed by atoms with E-state index in [1.807, 2.05) is 23.9 Å². The van der Waals surface area contributed by atoms with E-state index in [9.17, 15) is 4.79 Å². The fraction of sp³-hybridized carbons (Fsp3) is 0.353. The maximum Gasteiger partial charge on any atom is 0.224 e. The van der Waals surface area contributed by atoms with Crippen LogP contribution in [0.1, 0.15) is 35.7 Å². The van der Waals surface area contributed by atoms with E-state index >= 15 is 0 Å². The zero-order valence-corrected chi connectivity index (χ0v) is 13.3. The summed E-state index contributed by atoms with van der Waals surface area (Å²) in [6.07, 6.45) is 3.24. The zero-order valence-electron chi connectivity index (χ0n) is 13.3. The molecule has 0 bridgehead atoms. The molecule has 3 heterocycles. The molecule has 6 heteroatoms. The average molecular weight is 309 g/mol. The maximum absolute atomic E-state index is 12.0. The molecule has 0 fully saturated rings. The molecular weight excluding hydrogens is 290 g/mol. The third-order valence-corrected chi connectivity index (χ3v) is 4.55. The van der Waals surface area contributed by atoms with Crippen molar-refractivity contribution in [2.45, 2.75) is 39.2 Å². The van der Waals surface area contributed by atoms with Crippen molar-refractivity contribution >= 4 is 22.5 Å². The summed E-state index contributed by atoms with van der Waals surface area (Å²) in [7, 11) is 0. The molecule has 0 saturated carbocycles. The highest BCUT2D eigenvalue weighted by Gasteiger charge is 2.26. The number of aromatic amines is 1. The number of nitrogens with zero attached hydrogens (tertiary/aromatic N) is 3. The first kappa shape index (κ1) is 14.0. The molecule has 6 nitrogen and oxygen atoms in total. The van der Waals surface area contributed by atoms with Crippen molar-refractivity contribution in [3.63, 3.8) is 0 Å². The van der Waals surface area contributed by atoms with Crippen LogP contribution in [-0.4, -0.2) is 25.9 Å². The van der Waals surface area contributed by atoms with Gasteiger partial charge in [-0.3, -0.25) is 14.6 Å². The van der Waals surface area contributed by atoms with Crippen LogP contribution in [0.25, 0.3) is 10.9 Å². The maximum atomic E-state index is 12.0. The highest BCUT2D eigenvalue weighted by molar-refractivity contribution is 5.97. The molecule has 2 N–H and O–H groups in total. The summed E-state index contributed by atoms with van der Waals surface area (Å²) in [6, 6.07) is 6.20. The molecular formula is C17H19N5O. The van der Waals surface area contributed by atoms with Crippen molar-refractivity contribution in [1.82, 2.24) is 20.0 Å². The Bertz CT molecular complexity index is 892. The summed E-state index contributed by atoms with van der Waals surface area (Å²) in [6.45, 7) is 4.89. The predicted octanol–water partition coefficient (Wildman–Crippen LogP) is 2.89. The fourth-order valence-electron chi connectivity index (χ4n) is 3.43. The second-order valence-electron chi connectivity index (χ2n) is 6.28. The largest absolute Gasteiger partial charge is 0.326 e. The molecule has 1 aliphatic heterocycles. The van der Waals surface area contributed by atoms with Gasteiger partial charge in [-0.2, -0.15) is 10.2 Å². The molecule has 1 aliphatic rings. The van der Waals surface area contributed by atoms with E-state index in [0.29, 0.717) is 6.42 Å². The second kappa shape index (κ2) is 5.22. The number of hydrogen-bond acceptors (Lipinski definition) is 3. The number of benzene rings is 1. The minimum atomic E-state index is 0.0785. The number of fused-ring (bicyclic) bond motifs is 2. The number of hydrogen-bond donors (Lipinski definition) is 2. The molecule has 0 spiro atoms. The Balaban J connectivity index is 1.64. The van der Waals surface area contributed by atoms with Crippen molar-refractivity contribution in [2.75, 3.05) is 5.32 Å². The topological polar surface area (TPSA) is 75.6 Å². The highest BCUT2D eigenvalue weighted by Crippen LogP contribution is 2.37. The minimum Gasteiger partial charge on any atom is -0.326 e. The normalized spacial score (nSPS) is 17.3. The summed E-state index contributed by atoms with van der Waals surface area (Å²) in [5.74, 6) is 0.289. The Labute approximate surface area is 133 Å². The highest BCUT2D eigenvalue weighted by atomic mass is 16.1. The minimum absolute atomic E-state index is 0.0785. The van der Waals surface area contributed by atoms with Gasteiger partial charge in [-0.15, -0.1) is 0 Å². The van der Waals surface area contributed by atoms with Crippen LogP contribution >= 0.6 is 0 Å². The number of H-pyrrole nitrogens is 1. The molecule has 118 valence electrons. The quantitative estimate of drug-likeness (QED) is 0.781. The summed E-state index contributed by atoms with van der Waals surface area (Å²) in [5, 5.41) is 15.6. The van der Waals surface area contributed by atoms with Gasteiger partial charge in [-0.1, -0.05) is 0 Å². The van der Waals surface area contributed by atoms with Crippen molar-refractivity contribution in [3.05, 3.63) is 41.3 Å². The Kier molecular flexibility index (Phi) is 3.18. The summed E-state index contributed by atoms with van der Waals surface area (Å²) >= 11 is 0. The molecule has 1 amide bonds. The van der Waals surface area contributed by atoms with Crippen LogP contribution in [-0.2, 0) is 11.3 Å². The van der Waals surface area contributed by atoms with E-state index in [1.165, 1.54) is 5.56 Å². The van der Waals surface area contributed by atoms with Crippen LogP contribution in [0.2, 0.25) is 0 Å². The van der Waals surface area contributed by atoms with Gasteiger partial charge in [0.15, 0.2) is 0 Å². The van der Waals surface area contributed by atoms with E-state index in [1.54, 1.807) is 0 Å². The molecule has 1 unspecified atom stereocenters. The van der Waals surface area contributed by atoms with Gasteiger partial charge in [0, 0.05) is 29.7 Å². The molecule has 4 rings (SSSR count). The van der Waals surface area contributed by atoms with E-state index in [-0.39, 0.29) is 11.8 Å². The lowest BCUT2D eigenvalue weighted by atomic mass is 9.87. The van der Waals surface area contributed by atoms with Crippen LogP contribution in [0, 0.1) is 13.8 Å². The van der Waals surface area contributed by atoms with Gasteiger partial charge in [-0.05, 0) is 49.9 Å². The number of amides is 1. The lowest BCUT2D eigenvalue weighted by molar-refractivity contribution is -0.116. The number of rotatable bonds is 3. The Morgan fingerprint density at radius 2 is 2.17 bits per heavy atom. The first-order valence-corrected chi connectivity index (χ1v) is 7.88. The number of carbonyl (C=O) groups excluding carboxylic acids is 1. The molecule has 3 aromatic rings. The average Bonchev–Trinajstić information content (AvgIpc) is 3.08. The van der Waals surface area contributed by atoms with Crippen LogP contribution in [0.15, 0.2) is 24.4 Å². The fourth-order valence-corrected chi connectivity index (χ4v) is 3.43. The Morgan fingerprint density at radius 1 is 1.30 bits per heavy atom. The molecule has 1 aromatic carbocycles. The van der Waals surface area contributed by atoms with E-state index in [2.05, 4.69) is 39.7 Å². The molecule has 0 aliphatic carbocycles. The van der Waals surface area contributed by atoms with Crippen LogP contribution in [0.3, 0.4) is 0 Å². The second-order valence-corrected chi connectivity index (χ2v) is 6.28.